The fraction of sp³-hybridized carbons (Fsp3) is 0.500. The summed E-state index contributed by atoms with van der Waals surface area (Å²) in [5.41, 5.74) is -0.285. The van der Waals surface area contributed by atoms with Gasteiger partial charge in [0.25, 0.3) is 5.92 Å². The molecular formula is C12H13F2N3O5S. The lowest BCUT2D eigenvalue weighted by Crippen LogP contribution is -2.47. The monoisotopic (exact) mass is 349 g/mol. The van der Waals surface area contributed by atoms with E-state index in [2.05, 4.69) is 4.98 Å². The van der Waals surface area contributed by atoms with E-state index in [1.54, 1.807) is 0 Å². The standard InChI is InChI=1S/C12H13F2N3O5S/c13-12(14)1-2-16(7-12)23(20,21)17-3-4-22-10-9(17)5-8(6-15-10)11(18)19/h5-6H,1-4,7H2,(H,18,19). The SMILES string of the molecule is O=C(O)c1cnc2c(c1)N(S(=O)(=O)N1CCC(F)(F)C1)CCO2. The molecule has 126 valence electrons. The minimum atomic E-state index is -4.21. The number of carboxylic acid groups (broad SMARTS) is 1. The number of halogens is 2. The minimum absolute atomic E-state index is 0.00409. The second-order valence-electron chi connectivity index (χ2n) is 5.22. The maximum atomic E-state index is 13.3. The van der Waals surface area contributed by atoms with E-state index in [0.717, 1.165) is 16.6 Å². The van der Waals surface area contributed by atoms with Crippen molar-refractivity contribution in [2.24, 2.45) is 0 Å². The number of pyridine rings is 1. The van der Waals surface area contributed by atoms with Gasteiger partial charge in [-0.25, -0.2) is 22.9 Å². The number of aromatic carboxylic acids is 1. The lowest BCUT2D eigenvalue weighted by molar-refractivity contribution is 0.0183. The van der Waals surface area contributed by atoms with Gasteiger partial charge in [0.15, 0.2) is 0 Å². The topological polar surface area (TPSA) is 100 Å². The number of aromatic nitrogens is 1. The molecule has 1 saturated heterocycles. The molecule has 2 aliphatic heterocycles. The average molecular weight is 349 g/mol. The maximum Gasteiger partial charge on any atom is 0.337 e. The first kappa shape index (κ1) is 15.9. The zero-order chi connectivity index (χ0) is 16.8. The van der Waals surface area contributed by atoms with Crippen LogP contribution in [0, 0.1) is 0 Å². The van der Waals surface area contributed by atoms with Gasteiger partial charge < -0.3 is 9.84 Å². The molecule has 0 radical (unpaired) electrons. The molecule has 0 unspecified atom stereocenters. The van der Waals surface area contributed by atoms with Gasteiger partial charge in [-0.05, 0) is 6.07 Å². The summed E-state index contributed by atoms with van der Waals surface area (Å²) in [4.78, 5) is 14.8. The van der Waals surface area contributed by atoms with Crippen molar-refractivity contribution in [2.75, 3.05) is 30.5 Å². The van der Waals surface area contributed by atoms with Gasteiger partial charge in [0.1, 0.15) is 12.3 Å². The highest BCUT2D eigenvalue weighted by Crippen LogP contribution is 2.36. The number of fused-ring (bicyclic) bond motifs is 1. The highest BCUT2D eigenvalue weighted by atomic mass is 32.2. The largest absolute Gasteiger partial charge is 0.478 e. The summed E-state index contributed by atoms with van der Waals surface area (Å²) in [6, 6.07) is 1.11. The Morgan fingerprint density at radius 2 is 2.13 bits per heavy atom. The van der Waals surface area contributed by atoms with Gasteiger partial charge in [0, 0.05) is 19.2 Å². The van der Waals surface area contributed by atoms with E-state index in [-0.39, 0.29) is 36.8 Å². The summed E-state index contributed by atoms with van der Waals surface area (Å²) in [5, 5.41) is 9.00. The summed E-state index contributed by atoms with van der Waals surface area (Å²) in [5.74, 6) is -4.39. The molecule has 23 heavy (non-hydrogen) atoms. The Morgan fingerprint density at radius 1 is 1.39 bits per heavy atom. The van der Waals surface area contributed by atoms with Crippen molar-refractivity contribution in [1.82, 2.24) is 9.29 Å². The van der Waals surface area contributed by atoms with Crippen molar-refractivity contribution in [3.8, 4) is 5.88 Å². The van der Waals surface area contributed by atoms with Crippen LogP contribution in [0.4, 0.5) is 14.5 Å². The molecule has 0 aromatic carbocycles. The number of hydrogen-bond donors (Lipinski definition) is 1. The summed E-state index contributed by atoms with van der Waals surface area (Å²) in [7, 11) is -4.21. The first-order valence-corrected chi connectivity index (χ1v) is 8.12. The number of carboxylic acids is 1. The van der Waals surface area contributed by atoms with Gasteiger partial charge in [0.2, 0.25) is 5.88 Å². The van der Waals surface area contributed by atoms with Crippen LogP contribution in [0.25, 0.3) is 0 Å². The Bertz CT molecular complexity index is 755. The van der Waals surface area contributed by atoms with Crippen molar-refractivity contribution < 1.29 is 31.8 Å². The molecule has 1 fully saturated rings. The first-order valence-electron chi connectivity index (χ1n) is 6.72. The lowest BCUT2D eigenvalue weighted by Gasteiger charge is -2.32. The molecule has 8 nitrogen and oxygen atoms in total. The van der Waals surface area contributed by atoms with Crippen molar-refractivity contribution in [1.29, 1.82) is 0 Å². The predicted molar refractivity (Wildman–Crippen MR) is 74.1 cm³/mol. The highest BCUT2D eigenvalue weighted by Gasteiger charge is 2.46. The van der Waals surface area contributed by atoms with Gasteiger partial charge >= 0.3 is 16.2 Å². The second kappa shape index (κ2) is 5.27. The molecule has 0 saturated carbocycles. The number of nitrogens with zero attached hydrogens (tertiary/aromatic N) is 3. The van der Waals surface area contributed by atoms with Crippen LogP contribution in [0.1, 0.15) is 16.8 Å². The zero-order valence-electron chi connectivity index (χ0n) is 11.8. The molecule has 3 rings (SSSR count). The third-order valence-electron chi connectivity index (χ3n) is 3.62. The summed E-state index contributed by atoms with van der Waals surface area (Å²) < 4.78 is 58.6. The van der Waals surface area contributed by atoms with Crippen LogP contribution in [0.2, 0.25) is 0 Å². The molecule has 3 heterocycles. The number of carbonyl (C=O) groups is 1. The molecule has 1 aromatic rings. The Morgan fingerprint density at radius 3 is 2.74 bits per heavy atom. The zero-order valence-corrected chi connectivity index (χ0v) is 12.6. The fourth-order valence-electron chi connectivity index (χ4n) is 2.47. The van der Waals surface area contributed by atoms with Crippen LogP contribution < -0.4 is 9.04 Å². The number of ether oxygens (including phenoxy) is 1. The van der Waals surface area contributed by atoms with Gasteiger partial charge in [-0.15, -0.1) is 0 Å². The van der Waals surface area contributed by atoms with Crippen LogP contribution >= 0.6 is 0 Å². The fourth-order valence-corrected chi connectivity index (χ4v) is 4.11. The Balaban J connectivity index is 1.99. The van der Waals surface area contributed by atoms with Crippen LogP contribution in [0.3, 0.4) is 0 Å². The summed E-state index contributed by atoms with van der Waals surface area (Å²) in [6.45, 7) is -1.31. The lowest BCUT2D eigenvalue weighted by atomic mass is 10.2. The van der Waals surface area contributed by atoms with Crippen LogP contribution in [-0.2, 0) is 10.2 Å². The molecule has 0 bridgehead atoms. The number of alkyl halides is 2. The number of anilines is 1. The summed E-state index contributed by atoms with van der Waals surface area (Å²) in [6.07, 6.45) is 0.498. The molecular weight excluding hydrogens is 336 g/mol. The predicted octanol–water partition coefficient (Wildman–Crippen LogP) is 0.564. The van der Waals surface area contributed by atoms with Crippen LogP contribution in [-0.4, -0.2) is 60.9 Å². The first-order chi connectivity index (χ1) is 10.7. The Labute approximate surface area is 130 Å². The van der Waals surface area contributed by atoms with Crippen molar-refractivity contribution >= 4 is 21.9 Å². The van der Waals surface area contributed by atoms with Gasteiger partial charge in [-0.3, -0.25) is 0 Å². The maximum absolute atomic E-state index is 13.3. The van der Waals surface area contributed by atoms with E-state index in [1.165, 1.54) is 0 Å². The normalized spacial score (nSPS) is 20.9. The molecule has 11 heteroatoms. The molecule has 0 amide bonds. The van der Waals surface area contributed by atoms with Crippen LogP contribution in [0.5, 0.6) is 5.88 Å². The highest BCUT2D eigenvalue weighted by molar-refractivity contribution is 7.90. The Hall–Kier alpha value is -2.01. The van der Waals surface area contributed by atoms with Crippen LogP contribution in [0.15, 0.2) is 12.3 Å². The van der Waals surface area contributed by atoms with Gasteiger partial charge in [-0.2, -0.15) is 12.7 Å². The second-order valence-corrected chi connectivity index (χ2v) is 7.07. The van der Waals surface area contributed by atoms with E-state index < -0.39 is 35.1 Å². The number of rotatable bonds is 3. The summed E-state index contributed by atoms with van der Waals surface area (Å²) >= 11 is 0. The van der Waals surface area contributed by atoms with Crippen molar-refractivity contribution in [3.05, 3.63) is 17.8 Å². The van der Waals surface area contributed by atoms with Crippen molar-refractivity contribution in [3.63, 3.8) is 0 Å². The van der Waals surface area contributed by atoms with E-state index in [1.807, 2.05) is 0 Å². The third-order valence-corrected chi connectivity index (χ3v) is 5.52. The van der Waals surface area contributed by atoms with E-state index in [0.29, 0.717) is 4.31 Å². The Kier molecular flexibility index (Phi) is 3.64. The van der Waals surface area contributed by atoms with E-state index in [9.17, 15) is 22.0 Å². The third kappa shape index (κ3) is 2.81. The molecule has 2 aliphatic rings. The quantitative estimate of drug-likeness (QED) is 0.856. The van der Waals surface area contributed by atoms with E-state index in [4.69, 9.17) is 9.84 Å². The van der Waals surface area contributed by atoms with E-state index >= 15 is 0 Å². The molecule has 0 aliphatic carbocycles. The van der Waals surface area contributed by atoms with Gasteiger partial charge in [-0.1, -0.05) is 0 Å². The van der Waals surface area contributed by atoms with Crippen molar-refractivity contribution in [2.45, 2.75) is 12.3 Å². The van der Waals surface area contributed by atoms with Gasteiger partial charge in [0.05, 0.1) is 18.7 Å². The molecule has 1 N–H and O–H groups in total. The number of hydrogen-bond acceptors (Lipinski definition) is 5. The smallest absolute Gasteiger partial charge is 0.337 e. The molecule has 0 spiro atoms. The minimum Gasteiger partial charge on any atom is -0.478 e. The molecule has 1 aromatic heterocycles. The average Bonchev–Trinajstić information content (AvgIpc) is 2.86. The molecule has 0 atom stereocenters.